The lowest BCUT2D eigenvalue weighted by Crippen LogP contribution is -2.04. The Labute approximate surface area is 377 Å². The van der Waals surface area contributed by atoms with Crippen molar-refractivity contribution in [1.29, 1.82) is 0 Å². The van der Waals surface area contributed by atoms with E-state index in [0.29, 0.717) is 6.07 Å². The lowest BCUT2D eigenvalue weighted by molar-refractivity contribution is 0.0697. The lowest BCUT2D eigenvalue weighted by Gasteiger charge is -2.13. The predicted octanol–water partition coefficient (Wildman–Crippen LogP) is 6.18. The number of nitrogens with zero attached hydrogens (tertiary/aromatic N) is 8. The van der Waals surface area contributed by atoms with Crippen molar-refractivity contribution in [3.05, 3.63) is 84.1 Å². The molecule has 1 heterocycles. The van der Waals surface area contributed by atoms with Gasteiger partial charge in [0.1, 0.15) is 68.7 Å². The highest BCUT2D eigenvalue weighted by molar-refractivity contribution is 7.86. The Morgan fingerprint density at radius 1 is 0.657 bits per heavy atom. The van der Waals surface area contributed by atoms with Crippen LogP contribution in [0, 0.1) is 6.92 Å². The molecule has 0 aliphatic heterocycles. The first-order chi connectivity index (χ1) is 31.5. The summed E-state index contributed by atoms with van der Waals surface area (Å²) in [6.45, 7) is -0.316. The van der Waals surface area contributed by atoms with E-state index in [1.807, 2.05) is 0 Å². The maximum absolute atomic E-state index is 12.8. The highest BCUT2D eigenvalue weighted by Crippen LogP contribution is 2.46. The van der Waals surface area contributed by atoms with Crippen molar-refractivity contribution in [3.63, 3.8) is 0 Å². The second kappa shape index (κ2) is 19.5. The fraction of sp³-hybridized carbons (Fsp3) is 0.158. The molecule has 352 valence electrons. The molecule has 0 saturated heterocycles. The fourth-order valence-electron chi connectivity index (χ4n) is 5.97. The number of aromatic carboxylic acids is 1. The summed E-state index contributed by atoms with van der Waals surface area (Å²) < 4.78 is 119. The number of carboxylic acid groups (broad SMARTS) is 1. The second-order valence-electron chi connectivity index (χ2n) is 13.4. The minimum Gasteiger partial charge on any atom is -0.505 e. The van der Waals surface area contributed by atoms with Crippen molar-refractivity contribution in [2.24, 2.45) is 30.7 Å². The molecular formula is C38H34N8O18S3. The van der Waals surface area contributed by atoms with Crippen molar-refractivity contribution >= 4 is 81.2 Å². The van der Waals surface area contributed by atoms with E-state index in [1.165, 1.54) is 44.4 Å². The van der Waals surface area contributed by atoms with Gasteiger partial charge in [-0.2, -0.15) is 35.0 Å². The molecular weight excluding hydrogens is 953 g/mol. The van der Waals surface area contributed by atoms with Crippen LogP contribution in [-0.2, 0) is 30.4 Å². The molecule has 0 saturated carbocycles. The van der Waals surface area contributed by atoms with E-state index in [0.717, 1.165) is 41.1 Å². The van der Waals surface area contributed by atoms with Crippen molar-refractivity contribution in [1.82, 2.24) is 9.78 Å². The summed E-state index contributed by atoms with van der Waals surface area (Å²) in [5.41, 5.74) is -2.75. The first-order valence-corrected chi connectivity index (χ1v) is 22.8. The number of hydrogen-bond donors (Lipinski definition) is 8. The van der Waals surface area contributed by atoms with E-state index in [2.05, 4.69) is 35.8 Å². The molecule has 1 aromatic heterocycles. The van der Waals surface area contributed by atoms with Gasteiger partial charge in [-0.25, -0.2) is 4.79 Å². The van der Waals surface area contributed by atoms with Gasteiger partial charge in [-0.05, 0) is 66.9 Å². The Balaban J connectivity index is 1.41. The zero-order valence-electron chi connectivity index (χ0n) is 34.2. The van der Waals surface area contributed by atoms with E-state index in [4.69, 9.17) is 14.2 Å². The van der Waals surface area contributed by atoms with E-state index in [-0.39, 0.29) is 81.1 Å². The van der Waals surface area contributed by atoms with Gasteiger partial charge in [0, 0.05) is 23.6 Å². The van der Waals surface area contributed by atoms with Gasteiger partial charge in [0.2, 0.25) is 5.88 Å². The number of hydrogen-bond acceptors (Lipinski definition) is 21. The summed E-state index contributed by atoms with van der Waals surface area (Å²) in [5, 5.41) is 78.8. The monoisotopic (exact) mass is 986 g/mol. The molecule has 0 unspecified atom stereocenters. The molecule has 6 aromatic rings. The number of aliphatic hydroxyl groups excluding tert-OH is 2. The van der Waals surface area contributed by atoms with Gasteiger partial charge >= 0.3 is 5.97 Å². The number of aromatic hydroxyl groups is 2. The summed E-state index contributed by atoms with van der Waals surface area (Å²) in [6, 6.07) is 13.1. The minimum absolute atomic E-state index is 0.0351. The van der Waals surface area contributed by atoms with Gasteiger partial charge in [-0.15, -0.1) is 30.7 Å². The zero-order valence-corrected chi connectivity index (χ0v) is 36.7. The summed E-state index contributed by atoms with van der Waals surface area (Å²) in [6.07, 6.45) is 0. The van der Waals surface area contributed by atoms with Crippen LogP contribution in [0.5, 0.6) is 28.9 Å². The Bertz CT molecular complexity index is 3380. The SMILES string of the molecule is COc1ccc(N=Nc2cc(OCCO)c(N=Nc3c(S(=O)(=O)O)cc4cc(-n5nc(C)c(N=Nc6ccc(S(=O)(=O)O)cc6C(=O)O)c5O)ccc4c3O)cc2OCCO)c(S(=O)(=O)O)c1. The molecule has 0 bridgehead atoms. The molecule has 26 nitrogen and oxygen atoms in total. The van der Waals surface area contributed by atoms with Crippen LogP contribution in [0.2, 0.25) is 0 Å². The summed E-state index contributed by atoms with van der Waals surface area (Å²) in [4.78, 5) is 9.46. The van der Waals surface area contributed by atoms with Gasteiger partial charge in [0.15, 0.2) is 11.4 Å². The predicted molar refractivity (Wildman–Crippen MR) is 229 cm³/mol. The van der Waals surface area contributed by atoms with Gasteiger partial charge < -0.3 is 39.7 Å². The smallest absolute Gasteiger partial charge is 0.338 e. The molecule has 29 heteroatoms. The van der Waals surface area contributed by atoms with Gasteiger partial charge in [-0.3, -0.25) is 13.7 Å². The number of carbonyl (C=O) groups is 1. The van der Waals surface area contributed by atoms with Crippen LogP contribution in [-0.4, -0.2) is 114 Å². The van der Waals surface area contributed by atoms with Crippen LogP contribution in [0.25, 0.3) is 16.5 Å². The highest BCUT2D eigenvalue weighted by Gasteiger charge is 2.25. The van der Waals surface area contributed by atoms with Gasteiger partial charge in [-0.1, -0.05) is 0 Å². The highest BCUT2D eigenvalue weighted by atomic mass is 32.2. The van der Waals surface area contributed by atoms with Gasteiger partial charge in [0.25, 0.3) is 30.4 Å². The number of phenols is 1. The van der Waals surface area contributed by atoms with E-state index in [1.54, 1.807) is 0 Å². The molecule has 8 N–H and O–H groups in total. The largest absolute Gasteiger partial charge is 0.505 e. The van der Waals surface area contributed by atoms with E-state index in [9.17, 15) is 69.2 Å². The van der Waals surface area contributed by atoms with E-state index < -0.39 is 87.1 Å². The van der Waals surface area contributed by atoms with Crippen molar-refractivity contribution in [3.8, 4) is 34.6 Å². The quantitative estimate of drug-likeness (QED) is 0.0352. The minimum atomic E-state index is -5.21. The number of aryl methyl sites for hydroxylation is 1. The van der Waals surface area contributed by atoms with Crippen LogP contribution in [0.1, 0.15) is 16.1 Å². The Hall–Kier alpha value is -7.51. The molecule has 0 fully saturated rings. The maximum Gasteiger partial charge on any atom is 0.338 e. The molecule has 0 radical (unpaired) electrons. The summed E-state index contributed by atoms with van der Waals surface area (Å²) in [5.74, 6) is -3.41. The van der Waals surface area contributed by atoms with Crippen LogP contribution < -0.4 is 14.2 Å². The number of benzene rings is 5. The first-order valence-electron chi connectivity index (χ1n) is 18.5. The number of azo groups is 3. The molecule has 0 spiro atoms. The van der Waals surface area contributed by atoms with Crippen LogP contribution in [0.15, 0.2) is 118 Å². The third kappa shape index (κ3) is 11.0. The zero-order chi connectivity index (χ0) is 49.0. The third-order valence-electron chi connectivity index (χ3n) is 9.02. The molecule has 6 rings (SSSR count). The molecule has 5 aromatic carbocycles. The molecule has 0 amide bonds. The topological polar surface area (TPSA) is 401 Å². The molecule has 0 atom stereocenters. The number of methoxy groups -OCH3 is 1. The van der Waals surface area contributed by atoms with Crippen LogP contribution in [0.3, 0.4) is 0 Å². The van der Waals surface area contributed by atoms with Crippen molar-refractivity contribution < 1.29 is 83.4 Å². The Morgan fingerprint density at radius 3 is 1.79 bits per heavy atom. The van der Waals surface area contributed by atoms with E-state index >= 15 is 0 Å². The first kappa shape index (κ1) is 48.9. The summed E-state index contributed by atoms with van der Waals surface area (Å²) in [7, 11) is -13.5. The third-order valence-corrected chi connectivity index (χ3v) is 11.6. The number of carboxylic acids is 1. The second-order valence-corrected chi connectivity index (χ2v) is 17.6. The fourth-order valence-corrected chi connectivity index (χ4v) is 7.77. The van der Waals surface area contributed by atoms with Gasteiger partial charge in [0.05, 0.1) is 42.2 Å². The Kier molecular flexibility index (Phi) is 14.3. The number of rotatable bonds is 18. The lowest BCUT2D eigenvalue weighted by atomic mass is 10.1. The number of ether oxygens (including phenoxy) is 3. The average molecular weight is 987 g/mol. The number of aromatic nitrogens is 2. The molecule has 0 aliphatic carbocycles. The normalized spacial score (nSPS) is 12.5. The summed E-state index contributed by atoms with van der Waals surface area (Å²) >= 11 is 0. The maximum atomic E-state index is 12.8. The number of phenolic OH excluding ortho intramolecular Hbond substituents is 1. The Morgan fingerprint density at radius 2 is 1.22 bits per heavy atom. The van der Waals surface area contributed by atoms with Crippen LogP contribution in [0.4, 0.5) is 34.1 Å². The van der Waals surface area contributed by atoms with Crippen molar-refractivity contribution in [2.45, 2.75) is 21.6 Å². The standard InChI is InChI=1S/C38H34N8O18S3/c1-19-34(43-39-26-8-5-23(65(53,54)55)16-25(26)38(51)52)37(50)46(45-19)21-3-6-24-20(13-21)14-33(67(59,60)61)35(36(24)49)44-42-29-18-30(63-11-9-47)28(17-31(29)64-12-10-48)41-40-27-7-4-22(62-2)15-32(27)66(56,57)58/h3-8,13-18,47-50H,9-12H2,1-2H3,(H,51,52)(H,53,54,55)(H,56,57,58)(H,59,60,61). The number of fused-ring (bicyclic) bond motifs is 1. The average Bonchev–Trinajstić information content (AvgIpc) is 3.56. The van der Waals surface area contributed by atoms with Crippen molar-refractivity contribution in [2.75, 3.05) is 33.5 Å². The molecule has 67 heavy (non-hydrogen) atoms. The number of aliphatic hydroxyl groups is 2. The van der Waals surface area contributed by atoms with Crippen LogP contribution >= 0.6 is 0 Å². The molecule has 0 aliphatic rings.